The zero-order valence-corrected chi connectivity index (χ0v) is 16.1. The predicted molar refractivity (Wildman–Crippen MR) is 102 cm³/mol. The number of aromatic nitrogens is 3. The van der Waals surface area contributed by atoms with E-state index >= 15 is 0 Å². The third-order valence-corrected chi connectivity index (χ3v) is 5.21. The van der Waals surface area contributed by atoms with Gasteiger partial charge in [0.25, 0.3) is 5.91 Å². The summed E-state index contributed by atoms with van der Waals surface area (Å²) < 4.78 is 5.36. The molecule has 0 bridgehead atoms. The van der Waals surface area contributed by atoms with Gasteiger partial charge in [0.15, 0.2) is 3.95 Å². The van der Waals surface area contributed by atoms with Crippen LogP contribution < -0.4 is 5.32 Å². The molecule has 0 fully saturated rings. The average Bonchev–Trinajstić information content (AvgIpc) is 3.14. The summed E-state index contributed by atoms with van der Waals surface area (Å²) in [6, 6.07) is 11.3. The third kappa shape index (κ3) is 3.82. The molecule has 0 saturated carbocycles. The van der Waals surface area contributed by atoms with Crippen LogP contribution in [-0.2, 0) is 13.1 Å². The molecule has 0 aliphatic heterocycles. The lowest BCUT2D eigenvalue weighted by atomic mass is 10.2. The summed E-state index contributed by atoms with van der Waals surface area (Å²) in [6.07, 6.45) is 2.03. The van der Waals surface area contributed by atoms with Crippen LogP contribution in [0.25, 0.3) is 0 Å². The highest BCUT2D eigenvalue weighted by Crippen LogP contribution is 2.18. The van der Waals surface area contributed by atoms with E-state index in [1.54, 1.807) is 16.8 Å². The maximum atomic E-state index is 12.3. The lowest BCUT2D eigenvalue weighted by Gasteiger charge is -2.06. The van der Waals surface area contributed by atoms with Gasteiger partial charge in [0.05, 0.1) is 6.54 Å². The molecule has 0 unspecified atom stereocenters. The molecular weight excluding hydrogens is 408 g/mol. The van der Waals surface area contributed by atoms with Crippen molar-refractivity contribution in [3.63, 3.8) is 0 Å². The Morgan fingerprint density at radius 2 is 2.21 bits per heavy atom. The van der Waals surface area contributed by atoms with E-state index in [1.165, 1.54) is 11.3 Å². The van der Waals surface area contributed by atoms with Crippen molar-refractivity contribution >= 4 is 50.5 Å². The van der Waals surface area contributed by atoms with Crippen molar-refractivity contribution in [3.8, 4) is 0 Å². The number of amides is 1. The number of rotatable bonds is 5. The molecule has 8 heteroatoms. The molecule has 0 spiro atoms. The van der Waals surface area contributed by atoms with Gasteiger partial charge in [-0.2, -0.15) is 0 Å². The SMILES string of the molecule is CCn1cccc1Cn1nc(NC(=O)c2cccc(Br)c2)sc1=S. The van der Waals surface area contributed by atoms with Crippen molar-refractivity contribution in [2.24, 2.45) is 0 Å². The predicted octanol–water partition coefficient (Wildman–Crippen LogP) is 4.56. The number of hydrogen-bond acceptors (Lipinski definition) is 4. The highest BCUT2D eigenvalue weighted by atomic mass is 79.9. The molecule has 0 aliphatic carbocycles. The van der Waals surface area contributed by atoms with Crippen LogP contribution in [0.15, 0.2) is 47.1 Å². The molecule has 5 nitrogen and oxygen atoms in total. The van der Waals surface area contributed by atoms with Crippen molar-refractivity contribution in [3.05, 3.63) is 62.3 Å². The van der Waals surface area contributed by atoms with Gasteiger partial charge in [-0.05, 0) is 49.5 Å². The largest absolute Gasteiger partial charge is 0.350 e. The Kier molecular flexibility index (Phi) is 5.27. The minimum atomic E-state index is -0.205. The first-order valence-electron chi connectivity index (χ1n) is 7.35. The lowest BCUT2D eigenvalue weighted by molar-refractivity contribution is 0.102. The number of nitrogens with zero attached hydrogens (tertiary/aromatic N) is 3. The van der Waals surface area contributed by atoms with Crippen molar-refractivity contribution in [2.75, 3.05) is 5.32 Å². The Labute approximate surface area is 157 Å². The number of nitrogens with one attached hydrogen (secondary N) is 1. The van der Waals surface area contributed by atoms with Crippen LogP contribution in [0.1, 0.15) is 23.0 Å². The molecule has 3 aromatic rings. The van der Waals surface area contributed by atoms with E-state index in [0.29, 0.717) is 21.2 Å². The smallest absolute Gasteiger partial charge is 0.257 e. The van der Waals surface area contributed by atoms with Gasteiger partial charge in [-0.3, -0.25) is 10.1 Å². The van der Waals surface area contributed by atoms with E-state index in [0.717, 1.165) is 16.7 Å². The number of benzene rings is 1. The van der Waals surface area contributed by atoms with Gasteiger partial charge >= 0.3 is 0 Å². The molecule has 3 rings (SSSR count). The Bertz CT molecular complexity index is 928. The Morgan fingerprint density at radius 1 is 1.38 bits per heavy atom. The van der Waals surface area contributed by atoms with E-state index in [4.69, 9.17) is 12.2 Å². The van der Waals surface area contributed by atoms with Crippen molar-refractivity contribution in [1.29, 1.82) is 0 Å². The fourth-order valence-corrected chi connectivity index (χ4v) is 3.71. The summed E-state index contributed by atoms with van der Waals surface area (Å²) in [6.45, 7) is 3.57. The first-order chi connectivity index (χ1) is 11.6. The molecule has 0 atom stereocenters. The zero-order valence-electron chi connectivity index (χ0n) is 12.9. The van der Waals surface area contributed by atoms with E-state index in [1.807, 2.05) is 30.5 Å². The Morgan fingerprint density at radius 3 is 2.96 bits per heavy atom. The first-order valence-corrected chi connectivity index (χ1v) is 9.37. The van der Waals surface area contributed by atoms with Gasteiger partial charge in [-0.15, -0.1) is 5.10 Å². The van der Waals surface area contributed by atoms with Gasteiger partial charge in [0, 0.05) is 28.5 Å². The number of aryl methyl sites for hydroxylation is 1. The van der Waals surface area contributed by atoms with Crippen LogP contribution >= 0.6 is 39.5 Å². The van der Waals surface area contributed by atoms with E-state index < -0.39 is 0 Å². The van der Waals surface area contributed by atoms with Crippen LogP contribution in [0.5, 0.6) is 0 Å². The van der Waals surface area contributed by atoms with Crippen LogP contribution in [-0.4, -0.2) is 20.3 Å². The monoisotopic (exact) mass is 422 g/mol. The van der Waals surface area contributed by atoms with Crippen molar-refractivity contribution < 1.29 is 4.79 Å². The fourth-order valence-electron chi connectivity index (χ4n) is 2.31. The molecule has 124 valence electrons. The summed E-state index contributed by atoms with van der Waals surface area (Å²) in [4.78, 5) is 12.3. The van der Waals surface area contributed by atoms with Gasteiger partial charge in [-0.25, -0.2) is 4.68 Å². The van der Waals surface area contributed by atoms with Crippen LogP contribution in [0.4, 0.5) is 5.13 Å². The van der Waals surface area contributed by atoms with E-state index in [-0.39, 0.29) is 5.91 Å². The Balaban J connectivity index is 1.77. The molecule has 2 aromatic heterocycles. The lowest BCUT2D eigenvalue weighted by Crippen LogP contribution is -2.13. The quantitative estimate of drug-likeness (QED) is 0.613. The second-order valence-corrected chi connectivity index (χ2v) is 7.62. The van der Waals surface area contributed by atoms with Gasteiger partial charge < -0.3 is 4.57 Å². The second-order valence-electron chi connectivity index (χ2n) is 5.08. The number of carbonyl (C=O) groups is 1. The van der Waals surface area contributed by atoms with Crippen LogP contribution in [0.3, 0.4) is 0 Å². The van der Waals surface area contributed by atoms with Crippen LogP contribution in [0.2, 0.25) is 0 Å². The van der Waals surface area contributed by atoms with Crippen molar-refractivity contribution in [1.82, 2.24) is 14.3 Å². The Hall–Kier alpha value is -1.77. The third-order valence-electron chi connectivity index (χ3n) is 3.49. The summed E-state index contributed by atoms with van der Waals surface area (Å²) in [5.41, 5.74) is 1.70. The standard InChI is InChI=1S/C16H15BrN4OS2/c1-2-20-8-4-7-13(20)10-21-16(23)24-15(19-21)18-14(22)11-5-3-6-12(17)9-11/h3-9H,2,10H2,1H3,(H,18,19,22). The maximum absolute atomic E-state index is 12.3. The topological polar surface area (TPSA) is 51.9 Å². The maximum Gasteiger partial charge on any atom is 0.257 e. The zero-order chi connectivity index (χ0) is 17.1. The minimum absolute atomic E-state index is 0.205. The van der Waals surface area contributed by atoms with Gasteiger partial charge in [0.2, 0.25) is 5.13 Å². The second kappa shape index (κ2) is 7.42. The summed E-state index contributed by atoms with van der Waals surface area (Å²) in [7, 11) is 0. The molecule has 0 aliphatic rings. The summed E-state index contributed by atoms with van der Waals surface area (Å²) in [5.74, 6) is -0.205. The summed E-state index contributed by atoms with van der Waals surface area (Å²) >= 11 is 10.0. The normalized spacial score (nSPS) is 10.8. The van der Waals surface area contributed by atoms with Gasteiger partial charge in [0.1, 0.15) is 0 Å². The molecule has 2 heterocycles. The number of anilines is 1. The molecule has 0 saturated heterocycles. The minimum Gasteiger partial charge on any atom is -0.350 e. The van der Waals surface area contributed by atoms with Crippen molar-refractivity contribution in [2.45, 2.75) is 20.0 Å². The molecule has 24 heavy (non-hydrogen) atoms. The number of carbonyl (C=O) groups excluding carboxylic acids is 1. The van der Waals surface area contributed by atoms with E-state index in [2.05, 4.69) is 37.8 Å². The van der Waals surface area contributed by atoms with Crippen LogP contribution in [0, 0.1) is 3.95 Å². The molecular formula is C16H15BrN4OS2. The first kappa shape index (κ1) is 17.1. The summed E-state index contributed by atoms with van der Waals surface area (Å²) in [5, 5.41) is 7.73. The molecule has 1 N–H and O–H groups in total. The average molecular weight is 423 g/mol. The molecule has 1 amide bonds. The van der Waals surface area contributed by atoms with E-state index in [9.17, 15) is 4.79 Å². The number of hydrogen-bond donors (Lipinski definition) is 1. The highest BCUT2D eigenvalue weighted by Gasteiger charge is 2.11. The highest BCUT2D eigenvalue weighted by molar-refractivity contribution is 9.10. The molecule has 0 radical (unpaired) electrons. The van der Waals surface area contributed by atoms with Gasteiger partial charge in [-0.1, -0.05) is 33.3 Å². The molecule has 1 aromatic carbocycles. The number of halogens is 1. The fraction of sp³-hybridized carbons (Fsp3) is 0.188.